The topological polar surface area (TPSA) is 80.7 Å². The summed E-state index contributed by atoms with van der Waals surface area (Å²) < 4.78 is 6.64. The van der Waals surface area contributed by atoms with E-state index >= 15 is 0 Å². The van der Waals surface area contributed by atoms with E-state index in [4.69, 9.17) is 9.84 Å². The quantitative estimate of drug-likeness (QED) is 0.382. The molecule has 3 aromatic carbocycles. The number of rotatable bonds is 6. The standard InChI is InChI=1S/C20H19BrO3.C10H10O2/c21-16-7-4-14(5-8-16)6-9-17(22)13-24-18-10-11-19-15(12-18)2-1-3-20(19)23;11-8-4-5-9-7(6-8)2-1-3-10(9)12/h4-5,7-8,10-12H,1-3,6,9,13H2;4-6,11H,1-3H2. The molecule has 0 aromatic heterocycles. The molecule has 0 amide bonds. The minimum Gasteiger partial charge on any atom is -0.508 e. The van der Waals surface area contributed by atoms with Gasteiger partial charge in [-0.3, -0.25) is 14.4 Å². The molecule has 0 unspecified atom stereocenters. The van der Waals surface area contributed by atoms with Crippen LogP contribution < -0.4 is 4.74 Å². The number of carbonyl (C=O) groups is 3. The number of aryl methyl sites for hydroxylation is 3. The summed E-state index contributed by atoms with van der Waals surface area (Å²) in [6.45, 7) is 0.0727. The van der Waals surface area contributed by atoms with Gasteiger partial charge < -0.3 is 9.84 Å². The zero-order valence-corrected chi connectivity index (χ0v) is 21.7. The lowest BCUT2D eigenvalue weighted by Crippen LogP contribution is -2.14. The van der Waals surface area contributed by atoms with Crippen LogP contribution in [0.5, 0.6) is 11.5 Å². The maximum atomic E-state index is 12.0. The summed E-state index contributed by atoms with van der Waals surface area (Å²) in [5.41, 5.74) is 4.75. The molecule has 0 fully saturated rings. The van der Waals surface area contributed by atoms with E-state index in [1.807, 2.05) is 36.4 Å². The van der Waals surface area contributed by atoms with Crippen LogP contribution in [0.3, 0.4) is 0 Å². The average molecular weight is 549 g/mol. The monoisotopic (exact) mass is 548 g/mol. The largest absolute Gasteiger partial charge is 0.508 e. The third kappa shape index (κ3) is 6.91. The number of hydrogen-bond acceptors (Lipinski definition) is 5. The summed E-state index contributed by atoms with van der Waals surface area (Å²) in [4.78, 5) is 35.1. The molecule has 5 rings (SSSR count). The van der Waals surface area contributed by atoms with Gasteiger partial charge in [0.1, 0.15) is 18.1 Å². The molecular formula is C30H29BrO5. The lowest BCUT2D eigenvalue weighted by molar-refractivity contribution is -0.121. The predicted molar refractivity (Wildman–Crippen MR) is 142 cm³/mol. The van der Waals surface area contributed by atoms with Crippen molar-refractivity contribution in [2.75, 3.05) is 6.61 Å². The summed E-state index contributed by atoms with van der Waals surface area (Å²) in [6, 6.07) is 18.4. The number of Topliss-reactive ketones (excluding diaryl/α,β-unsaturated/α-hetero) is 3. The Labute approximate surface area is 219 Å². The molecule has 1 N–H and O–H groups in total. The van der Waals surface area contributed by atoms with Gasteiger partial charge in [-0.1, -0.05) is 28.1 Å². The fourth-order valence-electron chi connectivity index (χ4n) is 4.52. The van der Waals surface area contributed by atoms with Crippen molar-refractivity contribution in [3.63, 3.8) is 0 Å². The van der Waals surface area contributed by atoms with E-state index in [0.29, 0.717) is 31.4 Å². The lowest BCUT2D eigenvalue weighted by Gasteiger charge is -2.15. The average Bonchev–Trinajstić information content (AvgIpc) is 2.87. The SMILES string of the molecule is O=C(CCc1ccc(Br)cc1)COc1ccc2c(c1)CCCC2=O.O=C1CCCc2cc(O)ccc21. The Morgan fingerprint density at radius 2 is 1.42 bits per heavy atom. The van der Waals surface area contributed by atoms with E-state index < -0.39 is 0 Å². The molecule has 0 radical (unpaired) electrons. The number of benzene rings is 3. The fourth-order valence-corrected chi connectivity index (χ4v) is 4.78. The first-order valence-electron chi connectivity index (χ1n) is 12.3. The molecule has 0 atom stereocenters. The minimum absolute atomic E-state index is 0.0727. The van der Waals surface area contributed by atoms with E-state index in [-0.39, 0.29) is 29.7 Å². The molecular weight excluding hydrogens is 520 g/mol. The molecule has 36 heavy (non-hydrogen) atoms. The molecule has 186 valence electrons. The highest BCUT2D eigenvalue weighted by Crippen LogP contribution is 2.26. The second-order valence-electron chi connectivity index (χ2n) is 9.17. The molecule has 0 bridgehead atoms. The second kappa shape index (κ2) is 12.1. The molecule has 0 heterocycles. The van der Waals surface area contributed by atoms with E-state index in [2.05, 4.69) is 15.9 Å². The van der Waals surface area contributed by atoms with Gasteiger partial charge in [0.05, 0.1) is 0 Å². The van der Waals surface area contributed by atoms with Crippen LogP contribution in [0.15, 0.2) is 65.1 Å². The molecule has 0 saturated carbocycles. The summed E-state index contributed by atoms with van der Waals surface area (Å²) in [5.74, 6) is 1.40. The first-order chi connectivity index (χ1) is 17.4. The van der Waals surface area contributed by atoms with Crippen molar-refractivity contribution in [3.8, 4) is 11.5 Å². The summed E-state index contributed by atoms with van der Waals surface area (Å²) >= 11 is 3.40. The molecule has 2 aliphatic carbocycles. The van der Waals surface area contributed by atoms with Crippen LogP contribution in [0.2, 0.25) is 0 Å². The van der Waals surface area contributed by atoms with Gasteiger partial charge in [-0.05, 0) is 97.3 Å². The molecule has 0 aliphatic heterocycles. The van der Waals surface area contributed by atoms with Gasteiger partial charge in [0, 0.05) is 34.9 Å². The molecule has 2 aliphatic rings. The first-order valence-corrected chi connectivity index (χ1v) is 13.1. The number of hydrogen-bond donors (Lipinski definition) is 1. The van der Waals surface area contributed by atoms with E-state index in [0.717, 1.165) is 58.0 Å². The van der Waals surface area contributed by atoms with Gasteiger partial charge in [-0.2, -0.15) is 0 Å². The molecule has 0 spiro atoms. The van der Waals surface area contributed by atoms with Gasteiger partial charge in [0.2, 0.25) is 0 Å². The third-order valence-corrected chi connectivity index (χ3v) is 7.00. The van der Waals surface area contributed by atoms with Gasteiger partial charge in [-0.25, -0.2) is 0 Å². The Hall–Kier alpha value is -3.25. The van der Waals surface area contributed by atoms with Crippen molar-refractivity contribution in [3.05, 3.63) is 93.0 Å². The van der Waals surface area contributed by atoms with Crippen molar-refractivity contribution < 1.29 is 24.2 Å². The van der Waals surface area contributed by atoms with Crippen LogP contribution >= 0.6 is 15.9 Å². The summed E-state index contributed by atoms with van der Waals surface area (Å²) in [7, 11) is 0. The highest BCUT2D eigenvalue weighted by atomic mass is 79.9. The van der Waals surface area contributed by atoms with Crippen molar-refractivity contribution in [1.82, 2.24) is 0 Å². The Morgan fingerprint density at radius 3 is 2.08 bits per heavy atom. The van der Waals surface area contributed by atoms with Crippen LogP contribution in [-0.2, 0) is 24.1 Å². The molecule has 5 nitrogen and oxygen atoms in total. The maximum Gasteiger partial charge on any atom is 0.170 e. The Balaban J connectivity index is 0.000000211. The van der Waals surface area contributed by atoms with Gasteiger partial charge in [0.15, 0.2) is 17.3 Å². The van der Waals surface area contributed by atoms with Crippen LogP contribution in [0.25, 0.3) is 0 Å². The van der Waals surface area contributed by atoms with E-state index in [9.17, 15) is 14.4 Å². The minimum atomic E-state index is 0.0727. The summed E-state index contributed by atoms with van der Waals surface area (Å²) in [6.07, 6.45) is 6.07. The van der Waals surface area contributed by atoms with Crippen molar-refractivity contribution in [2.45, 2.75) is 51.4 Å². The van der Waals surface area contributed by atoms with Gasteiger partial charge in [0.25, 0.3) is 0 Å². The number of aromatic hydroxyl groups is 1. The zero-order valence-electron chi connectivity index (χ0n) is 20.1. The number of halogens is 1. The van der Waals surface area contributed by atoms with Crippen LogP contribution in [0, 0.1) is 0 Å². The van der Waals surface area contributed by atoms with E-state index in [1.165, 1.54) is 0 Å². The smallest absolute Gasteiger partial charge is 0.170 e. The molecule has 0 saturated heterocycles. The first kappa shape index (κ1) is 25.8. The van der Waals surface area contributed by atoms with Crippen molar-refractivity contribution >= 4 is 33.3 Å². The number of carbonyl (C=O) groups excluding carboxylic acids is 3. The highest BCUT2D eigenvalue weighted by molar-refractivity contribution is 9.10. The number of ether oxygens (including phenoxy) is 1. The molecule has 3 aromatic rings. The normalized spacial score (nSPS) is 14.2. The van der Waals surface area contributed by atoms with Gasteiger partial charge in [-0.15, -0.1) is 0 Å². The Kier molecular flexibility index (Phi) is 8.70. The predicted octanol–water partition coefficient (Wildman–Crippen LogP) is 6.46. The van der Waals surface area contributed by atoms with Gasteiger partial charge >= 0.3 is 0 Å². The van der Waals surface area contributed by atoms with Crippen LogP contribution in [0.4, 0.5) is 0 Å². The lowest BCUT2D eigenvalue weighted by atomic mass is 9.90. The fraction of sp³-hybridized carbons (Fsp3) is 0.300. The number of fused-ring (bicyclic) bond motifs is 2. The van der Waals surface area contributed by atoms with Crippen LogP contribution in [-0.4, -0.2) is 29.1 Å². The van der Waals surface area contributed by atoms with Crippen molar-refractivity contribution in [2.24, 2.45) is 0 Å². The van der Waals surface area contributed by atoms with E-state index in [1.54, 1.807) is 24.3 Å². The second-order valence-corrected chi connectivity index (χ2v) is 10.1. The van der Waals surface area contributed by atoms with Crippen LogP contribution in [0.1, 0.15) is 69.5 Å². The number of phenolic OH excluding ortho intramolecular Hbond substituents is 1. The number of phenols is 1. The van der Waals surface area contributed by atoms with Crippen molar-refractivity contribution in [1.29, 1.82) is 0 Å². The number of ketones is 3. The zero-order chi connectivity index (χ0) is 25.5. The highest BCUT2D eigenvalue weighted by Gasteiger charge is 2.18. The molecule has 6 heteroatoms. The summed E-state index contributed by atoms with van der Waals surface area (Å²) in [5, 5.41) is 9.16. The maximum absolute atomic E-state index is 12.0. The third-order valence-electron chi connectivity index (χ3n) is 6.47. The Bertz CT molecular complexity index is 1260. The Morgan fingerprint density at radius 1 is 0.806 bits per heavy atom.